The van der Waals surface area contributed by atoms with E-state index in [1.54, 1.807) is 0 Å². The molecule has 1 aromatic heterocycles. The zero-order valence-electron chi connectivity index (χ0n) is 9.08. The van der Waals surface area contributed by atoms with Crippen LogP contribution in [-0.4, -0.2) is 38.7 Å². The van der Waals surface area contributed by atoms with Gasteiger partial charge in [0, 0.05) is 7.05 Å². The average molecular weight is 242 g/mol. The molecule has 0 saturated carbocycles. The summed E-state index contributed by atoms with van der Waals surface area (Å²) in [7, 11) is 1.40. The summed E-state index contributed by atoms with van der Waals surface area (Å²) in [5, 5.41) is 25.2. The molecule has 0 saturated heterocycles. The van der Waals surface area contributed by atoms with Crippen molar-refractivity contribution >= 4 is 17.6 Å². The van der Waals surface area contributed by atoms with E-state index in [-0.39, 0.29) is 0 Å². The van der Waals surface area contributed by atoms with Crippen LogP contribution in [0, 0.1) is 10.1 Å². The lowest BCUT2D eigenvalue weighted by atomic mass is 10.3. The zero-order chi connectivity index (χ0) is 13.2. The molecule has 1 atom stereocenters. The highest BCUT2D eigenvalue weighted by molar-refractivity contribution is 5.90. The third-order valence-corrected chi connectivity index (χ3v) is 2.13. The predicted molar refractivity (Wildman–Crippen MR) is 54.6 cm³/mol. The van der Waals surface area contributed by atoms with E-state index >= 15 is 0 Å². The Morgan fingerprint density at radius 2 is 2.24 bits per heavy atom. The number of aromatic carboxylic acids is 1. The molecular weight excluding hydrogens is 232 g/mol. The van der Waals surface area contributed by atoms with Crippen LogP contribution in [0.15, 0.2) is 6.20 Å². The third kappa shape index (κ3) is 2.38. The van der Waals surface area contributed by atoms with Crippen molar-refractivity contribution in [3.63, 3.8) is 0 Å². The molecule has 0 bridgehead atoms. The number of hydrogen-bond donors (Lipinski definition) is 2. The molecule has 9 nitrogen and oxygen atoms in total. The molecule has 0 aliphatic heterocycles. The Kier molecular flexibility index (Phi) is 3.41. The average Bonchev–Trinajstić information content (AvgIpc) is 2.71. The van der Waals surface area contributed by atoms with Gasteiger partial charge >= 0.3 is 11.7 Å². The van der Waals surface area contributed by atoms with Crippen LogP contribution >= 0.6 is 0 Å². The maximum absolute atomic E-state index is 11.3. The van der Waals surface area contributed by atoms with Crippen molar-refractivity contribution in [2.75, 3.05) is 7.05 Å². The van der Waals surface area contributed by atoms with E-state index in [1.165, 1.54) is 14.0 Å². The fraction of sp³-hybridized carbons (Fsp3) is 0.375. The highest BCUT2D eigenvalue weighted by Gasteiger charge is 2.27. The van der Waals surface area contributed by atoms with Crippen molar-refractivity contribution < 1.29 is 19.6 Å². The van der Waals surface area contributed by atoms with Crippen LogP contribution in [-0.2, 0) is 4.79 Å². The van der Waals surface area contributed by atoms with Gasteiger partial charge in [0.2, 0.25) is 11.6 Å². The van der Waals surface area contributed by atoms with Crippen LogP contribution in [0.3, 0.4) is 0 Å². The van der Waals surface area contributed by atoms with Gasteiger partial charge in [0.05, 0.1) is 4.92 Å². The maximum atomic E-state index is 11.3. The molecule has 0 spiro atoms. The van der Waals surface area contributed by atoms with Gasteiger partial charge in [0.1, 0.15) is 12.2 Å². The Morgan fingerprint density at radius 3 is 2.59 bits per heavy atom. The van der Waals surface area contributed by atoms with Crippen molar-refractivity contribution in [2.24, 2.45) is 0 Å². The van der Waals surface area contributed by atoms with E-state index in [0.29, 0.717) is 0 Å². The third-order valence-electron chi connectivity index (χ3n) is 2.13. The van der Waals surface area contributed by atoms with Gasteiger partial charge < -0.3 is 10.4 Å². The largest absolute Gasteiger partial charge is 0.476 e. The highest BCUT2D eigenvalue weighted by atomic mass is 16.6. The van der Waals surface area contributed by atoms with Crippen LogP contribution in [0.4, 0.5) is 5.69 Å². The van der Waals surface area contributed by atoms with E-state index in [9.17, 15) is 19.7 Å². The number of carboxylic acid groups (broad SMARTS) is 1. The molecule has 9 heteroatoms. The van der Waals surface area contributed by atoms with Crippen molar-refractivity contribution in [3.8, 4) is 0 Å². The van der Waals surface area contributed by atoms with E-state index in [0.717, 1.165) is 10.9 Å². The Balaban J connectivity index is 3.21. The van der Waals surface area contributed by atoms with Gasteiger partial charge in [-0.2, -0.15) is 5.10 Å². The second-order valence-corrected chi connectivity index (χ2v) is 3.20. The molecule has 2 N–H and O–H groups in total. The molecule has 0 aliphatic carbocycles. The first-order chi connectivity index (χ1) is 7.88. The highest BCUT2D eigenvalue weighted by Crippen LogP contribution is 2.19. The van der Waals surface area contributed by atoms with Gasteiger partial charge in [0.25, 0.3) is 0 Å². The minimum atomic E-state index is -1.51. The van der Waals surface area contributed by atoms with Gasteiger partial charge in [-0.25, -0.2) is 4.79 Å². The fourth-order valence-corrected chi connectivity index (χ4v) is 1.20. The number of carbonyl (C=O) groups is 2. The minimum absolute atomic E-state index is 0.431. The summed E-state index contributed by atoms with van der Waals surface area (Å²) in [5.74, 6) is -1.95. The summed E-state index contributed by atoms with van der Waals surface area (Å²) in [6, 6.07) is -0.827. The molecule has 92 valence electrons. The van der Waals surface area contributed by atoms with Crippen LogP contribution in [0.2, 0.25) is 0 Å². The normalized spacial score (nSPS) is 11.9. The van der Waals surface area contributed by atoms with Gasteiger partial charge in [-0.3, -0.25) is 19.6 Å². The Hall–Kier alpha value is -2.45. The fourth-order valence-electron chi connectivity index (χ4n) is 1.20. The summed E-state index contributed by atoms with van der Waals surface area (Å²) in [5.41, 5.74) is -1.33. The summed E-state index contributed by atoms with van der Waals surface area (Å²) in [4.78, 5) is 31.7. The lowest BCUT2D eigenvalue weighted by Crippen LogP contribution is -2.28. The van der Waals surface area contributed by atoms with Crippen molar-refractivity contribution in [1.82, 2.24) is 15.1 Å². The molecule has 17 heavy (non-hydrogen) atoms. The van der Waals surface area contributed by atoms with Gasteiger partial charge in [-0.15, -0.1) is 0 Å². The number of likely N-dealkylation sites (N-methyl/N-ethyl adjacent to an activating group) is 1. The molecule has 1 unspecified atom stereocenters. The molecule has 1 rings (SSSR count). The second kappa shape index (κ2) is 4.60. The number of nitrogens with zero attached hydrogens (tertiary/aromatic N) is 3. The lowest BCUT2D eigenvalue weighted by molar-refractivity contribution is -0.385. The summed E-state index contributed by atoms with van der Waals surface area (Å²) < 4.78 is 0.945. The topological polar surface area (TPSA) is 127 Å². The molecule has 1 aromatic rings. The number of carboxylic acids is 1. The predicted octanol–water partition coefficient (Wildman–Crippen LogP) is -0.204. The Morgan fingerprint density at radius 1 is 1.65 bits per heavy atom. The maximum Gasteiger partial charge on any atom is 0.363 e. The molecular formula is C8H10N4O5. The standard InChI is InChI=1S/C8H10N4O5/c1-4(7(13)9-2)11-3-5(12(16)17)6(10-11)8(14)15/h3-4H,1-2H3,(H,9,13)(H,14,15). The molecule has 0 fully saturated rings. The quantitative estimate of drug-likeness (QED) is 0.555. The van der Waals surface area contributed by atoms with Crippen molar-refractivity contribution in [3.05, 3.63) is 22.0 Å². The molecule has 0 radical (unpaired) electrons. The molecule has 1 amide bonds. The second-order valence-electron chi connectivity index (χ2n) is 3.20. The van der Waals surface area contributed by atoms with Crippen molar-refractivity contribution in [1.29, 1.82) is 0 Å². The van der Waals surface area contributed by atoms with Crippen LogP contribution < -0.4 is 5.32 Å². The number of nitrogens with one attached hydrogen (secondary N) is 1. The Labute approximate surface area is 95.2 Å². The van der Waals surface area contributed by atoms with E-state index < -0.39 is 34.2 Å². The van der Waals surface area contributed by atoms with E-state index in [1.807, 2.05) is 0 Å². The molecule has 0 aliphatic rings. The van der Waals surface area contributed by atoms with Crippen LogP contribution in [0.1, 0.15) is 23.5 Å². The van der Waals surface area contributed by atoms with Gasteiger partial charge in [-0.1, -0.05) is 0 Å². The number of nitro groups is 1. The first-order valence-electron chi connectivity index (χ1n) is 4.57. The molecule has 0 aromatic carbocycles. The van der Waals surface area contributed by atoms with E-state index in [4.69, 9.17) is 5.11 Å². The number of rotatable bonds is 4. The lowest BCUT2D eigenvalue weighted by Gasteiger charge is -2.08. The number of carbonyl (C=O) groups excluding carboxylic acids is 1. The smallest absolute Gasteiger partial charge is 0.363 e. The zero-order valence-corrected chi connectivity index (χ0v) is 9.08. The summed E-state index contributed by atoms with van der Waals surface area (Å²) in [6.45, 7) is 1.45. The van der Waals surface area contributed by atoms with Gasteiger partial charge in [0.15, 0.2) is 0 Å². The molecule has 1 heterocycles. The number of hydrogen-bond acceptors (Lipinski definition) is 5. The van der Waals surface area contributed by atoms with Crippen LogP contribution in [0.25, 0.3) is 0 Å². The van der Waals surface area contributed by atoms with Gasteiger partial charge in [-0.05, 0) is 6.92 Å². The minimum Gasteiger partial charge on any atom is -0.476 e. The number of aromatic nitrogens is 2. The van der Waals surface area contributed by atoms with Crippen molar-refractivity contribution in [2.45, 2.75) is 13.0 Å². The number of amides is 1. The SMILES string of the molecule is CNC(=O)C(C)n1cc([N+](=O)[O-])c(C(=O)O)n1. The summed E-state index contributed by atoms with van der Waals surface area (Å²) >= 11 is 0. The van der Waals surface area contributed by atoms with E-state index in [2.05, 4.69) is 10.4 Å². The monoisotopic (exact) mass is 242 g/mol. The first-order valence-corrected chi connectivity index (χ1v) is 4.57. The Bertz CT molecular complexity index is 449. The summed E-state index contributed by atoms with van der Waals surface area (Å²) in [6.07, 6.45) is 0.920. The first kappa shape index (κ1) is 12.6. The van der Waals surface area contributed by atoms with Crippen LogP contribution in [0.5, 0.6) is 0 Å².